The molecule has 0 atom stereocenters. The molecule has 0 aliphatic rings. The fourth-order valence-corrected chi connectivity index (χ4v) is 1.66. The van der Waals surface area contributed by atoms with Crippen molar-refractivity contribution >= 4 is 17.6 Å². The summed E-state index contributed by atoms with van der Waals surface area (Å²) in [7, 11) is 0. The zero-order valence-corrected chi connectivity index (χ0v) is 9.55. The molecule has 2 aromatic rings. The Kier molecular flexibility index (Phi) is 3.35. The molecule has 2 rings (SSSR count). The molecule has 0 radical (unpaired) electrons. The smallest absolute Gasteiger partial charge is 0.309 e. The molecule has 86 valence electrons. The van der Waals surface area contributed by atoms with Crippen LogP contribution in [0.5, 0.6) is 0 Å². The van der Waals surface area contributed by atoms with Gasteiger partial charge in [-0.15, -0.1) is 0 Å². The highest BCUT2D eigenvalue weighted by molar-refractivity contribution is 6.33. The van der Waals surface area contributed by atoms with Gasteiger partial charge in [0.05, 0.1) is 22.8 Å². The first-order chi connectivity index (χ1) is 8.16. The van der Waals surface area contributed by atoms with Gasteiger partial charge in [0.15, 0.2) is 0 Å². The lowest BCUT2D eigenvalue weighted by molar-refractivity contribution is -0.136. The van der Waals surface area contributed by atoms with Gasteiger partial charge in [0.2, 0.25) is 0 Å². The van der Waals surface area contributed by atoms with Crippen molar-refractivity contribution in [3.05, 3.63) is 47.4 Å². The van der Waals surface area contributed by atoms with E-state index in [1.54, 1.807) is 30.6 Å². The number of carboxylic acids is 1. The molecule has 2 aromatic heterocycles. The highest BCUT2D eigenvalue weighted by Crippen LogP contribution is 2.25. The number of carboxylic acid groups (broad SMARTS) is 1. The molecule has 17 heavy (non-hydrogen) atoms. The Morgan fingerprint density at radius 3 is 2.82 bits per heavy atom. The SMILES string of the molecule is O=C(O)Cc1ccc(Cl)c(-c2cccnc2)n1. The van der Waals surface area contributed by atoms with Crippen molar-refractivity contribution in [2.24, 2.45) is 0 Å². The van der Waals surface area contributed by atoms with E-state index in [4.69, 9.17) is 16.7 Å². The molecule has 0 aliphatic carbocycles. The first-order valence-corrected chi connectivity index (χ1v) is 5.32. The van der Waals surface area contributed by atoms with Crippen molar-refractivity contribution in [3.8, 4) is 11.3 Å². The van der Waals surface area contributed by atoms with Crippen LogP contribution in [0.1, 0.15) is 5.69 Å². The third-order valence-corrected chi connectivity index (χ3v) is 2.48. The zero-order chi connectivity index (χ0) is 12.3. The van der Waals surface area contributed by atoms with E-state index in [1.807, 2.05) is 6.07 Å². The Bertz CT molecular complexity index is 543. The van der Waals surface area contributed by atoms with Gasteiger partial charge in [0.25, 0.3) is 0 Å². The van der Waals surface area contributed by atoms with Gasteiger partial charge in [0, 0.05) is 18.0 Å². The highest BCUT2D eigenvalue weighted by Gasteiger charge is 2.08. The van der Waals surface area contributed by atoms with Crippen LogP contribution in [0.2, 0.25) is 5.02 Å². The maximum Gasteiger partial charge on any atom is 0.309 e. The zero-order valence-electron chi connectivity index (χ0n) is 8.80. The minimum absolute atomic E-state index is 0.121. The molecule has 0 unspecified atom stereocenters. The summed E-state index contributed by atoms with van der Waals surface area (Å²) >= 11 is 6.03. The van der Waals surface area contributed by atoms with Crippen LogP contribution in [0.4, 0.5) is 0 Å². The maximum absolute atomic E-state index is 10.6. The first kappa shape index (κ1) is 11.5. The fraction of sp³-hybridized carbons (Fsp3) is 0.0833. The van der Waals surface area contributed by atoms with E-state index in [9.17, 15) is 4.79 Å². The number of carbonyl (C=O) groups is 1. The summed E-state index contributed by atoms with van der Waals surface area (Å²) < 4.78 is 0. The monoisotopic (exact) mass is 248 g/mol. The molecule has 0 amide bonds. The third kappa shape index (κ3) is 2.79. The highest BCUT2D eigenvalue weighted by atomic mass is 35.5. The van der Waals surface area contributed by atoms with Gasteiger partial charge in [-0.05, 0) is 24.3 Å². The van der Waals surface area contributed by atoms with Crippen LogP contribution in [0.25, 0.3) is 11.3 Å². The molecule has 0 aliphatic heterocycles. The standard InChI is InChI=1S/C12H9ClN2O2/c13-10-4-3-9(6-11(16)17)15-12(10)8-2-1-5-14-7-8/h1-5,7H,6H2,(H,16,17). The van der Waals surface area contributed by atoms with Gasteiger partial charge in [-0.25, -0.2) is 0 Å². The van der Waals surface area contributed by atoms with Crippen LogP contribution in [0.3, 0.4) is 0 Å². The summed E-state index contributed by atoms with van der Waals surface area (Å²) in [5, 5.41) is 9.19. The molecule has 4 nitrogen and oxygen atoms in total. The largest absolute Gasteiger partial charge is 0.481 e. The quantitative estimate of drug-likeness (QED) is 0.906. The summed E-state index contributed by atoms with van der Waals surface area (Å²) in [5.41, 5.74) is 1.80. The molecule has 0 aromatic carbocycles. The summed E-state index contributed by atoms with van der Waals surface area (Å²) in [4.78, 5) is 18.8. The van der Waals surface area contributed by atoms with Crippen LogP contribution in [-0.4, -0.2) is 21.0 Å². The summed E-state index contributed by atoms with van der Waals surface area (Å²) in [6, 6.07) is 6.86. The Labute approximate surface area is 103 Å². The van der Waals surface area contributed by atoms with Crippen LogP contribution in [0.15, 0.2) is 36.7 Å². The minimum Gasteiger partial charge on any atom is -0.481 e. The lowest BCUT2D eigenvalue weighted by Crippen LogP contribution is -2.03. The van der Waals surface area contributed by atoms with Crippen molar-refractivity contribution in [3.63, 3.8) is 0 Å². The van der Waals surface area contributed by atoms with Gasteiger partial charge in [-0.3, -0.25) is 14.8 Å². The first-order valence-electron chi connectivity index (χ1n) is 4.94. The van der Waals surface area contributed by atoms with Crippen molar-refractivity contribution in [1.29, 1.82) is 0 Å². The lowest BCUT2D eigenvalue weighted by atomic mass is 10.1. The van der Waals surface area contributed by atoms with E-state index in [1.165, 1.54) is 0 Å². The average Bonchev–Trinajstić information content (AvgIpc) is 2.32. The molecule has 0 saturated heterocycles. The number of hydrogen-bond donors (Lipinski definition) is 1. The minimum atomic E-state index is -0.919. The van der Waals surface area contributed by atoms with Gasteiger partial charge in [-0.2, -0.15) is 0 Å². The lowest BCUT2D eigenvalue weighted by Gasteiger charge is -2.05. The van der Waals surface area contributed by atoms with Gasteiger partial charge < -0.3 is 5.11 Å². The van der Waals surface area contributed by atoms with Gasteiger partial charge >= 0.3 is 5.97 Å². The Hall–Kier alpha value is -1.94. The second-order valence-electron chi connectivity index (χ2n) is 3.45. The molecule has 2 heterocycles. The molecule has 0 spiro atoms. The van der Waals surface area contributed by atoms with Gasteiger partial charge in [-0.1, -0.05) is 11.6 Å². The van der Waals surface area contributed by atoms with E-state index in [0.717, 1.165) is 5.56 Å². The Morgan fingerprint density at radius 2 is 2.18 bits per heavy atom. The number of nitrogens with zero attached hydrogens (tertiary/aromatic N) is 2. The van der Waals surface area contributed by atoms with Crippen molar-refractivity contribution in [2.75, 3.05) is 0 Å². The fourth-order valence-electron chi connectivity index (χ4n) is 1.44. The molecule has 5 heteroatoms. The van der Waals surface area contributed by atoms with E-state index in [0.29, 0.717) is 16.4 Å². The Balaban J connectivity index is 2.43. The van der Waals surface area contributed by atoms with Crippen molar-refractivity contribution in [1.82, 2.24) is 9.97 Å². The number of aliphatic carboxylic acids is 1. The molecule has 0 saturated carbocycles. The van der Waals surface area contributed by atoms with E-state index < -0.39 is 5.97 Å². The number of pyridine rings is 2. The Morgan fingerprint density at radius 1 is 1.35 bits per heavy atom. The normalized spacial score (nSPS) is 10.2. The van der Waals surface area contributed by atoms with Gasteiger partial charge in [0.1, 0.15) is 0 Å². The van der Waals surface area contributed by atoms with Crippen LogP contribution >= 0.6 is 11.6 Å². The number of aromatic nitrogens is 2. The van der Waals surface area contributed by atoms with Crippen LogP contribution in [0, 0.1) is 0 Å². The number of halogens is 1. The number of rotatable bonds is 3. The average molecular weight is 249 g/mol. The molecular formula is C12H9ClN2O2. The topological polar surface area (TPSA) is 63.1 Å². The second-order valence-corrected chi connectivity index (χ2v) is 3.85. The molecule has 1 N–H and O–H groups in total. The number of hydrogen-bond acceptors (Lipinski definition) is 3. The van der Waals surface area contributed by atoms with E-state index >= 15 is 0 Å². The van der Waals surface area contributed by atoms with Crippen LogP contribution < -0.4 is 0 Å². The molecule has 0 bridgehead atoms. The maximum atomic E-state index is 10.6. The summed E-state index contributed by atoms with van der Waals surface area (Å²) in [6.45, 7) is 0. The molecular weight excluding hydrogens is 240 g/mol. The van der Waals surface area contributed by atoms with E-state index in [2.05, 4.69) is 9.97 Å². The summed E-state index contributed by atoms with van der Waals surface area (Å²) in [5.74, 6) is -0.919. The second kappa shape index (κ2) is 4.93. The van der Waals surface area contributed by atoms with Crippen LogP contribution in [-0.2, 0) is 11.2 Å². The third-order valence-electron chi connectivity index (χ3n) is 2.17. The van der Waals surface area contributed by atoms with E-state index in [-0.39, 0.29) is 6.42 Å². The predicted octanol–water partition coefficient (Wildman–Crippen LogP) is 2.42. The van der Waals surface area contributed by atoms with Crippen molar-refractivity contribution in [2.45, 2.75) is 6.42 Å². The summed E-state index contributed by atoms with van der Waals surface area (Å²) in [6.07, 6.45) is 3.17. The molecule has 0 fully saturated rings. The predicted molar refractivity (Wildman–Crippen MR) is 63.8 cm³/mol. The van der Waals surface area contributed by atoms with Crippen molar-refractivity contribution < 1.29 is 9.90 Å².